The zero-order chi connectivity index (χ0) is 13.2. The first-order chi connectivity index (χ1) is 8.48. The van der Waals surface area contributed by atoms with Gasteiger partial charge < -0.3 is 4.74 Å². The number of rotatable bonds is 3. The quantitative estimate of drug-likeness (QED) is 0.844. The highest BCUT2D eigenvalue weighted by atomic mass is 19.4. The number of hydrogen-bond donors (Lipinski definition) is 0. The Balaban J connectivity index is 2.19. The van der Waals surface area contributed by atoms with Crippen LogP contribution in [-0.2, 0) is 0 Å². The van der Waals surface area contributed by atoms with E-state index in [-0.39, 0.29) is 0 Å². The third-order valence-electron chi connectivity index (χ3n) is 1.88. The summed E-state index contributed by atoms with van der Waals surface area (Å²) in [5.41, 5.74) is 0. The Kier molecular flexibility index (Phi) is 3.00. The van der Waals surface area contributed by atoms with Gasteiger partial charge in [-0.05, 0) is 18.2 Å². The normalized spacial score (nSPS) is 11.3. The van der Waals surface area contributed by atoms with E-state index in [1.54, 1.807) is 0 Å². The molecule has 0 aliphatic carbocycles. The van der Waals surface area contributed by atoms with Crippen LogP contribution in [-0.4, -0.2) is 26.1 Å². The first kappa shape index (κ1) is 12.1. The van der Waals surface area contributed by atoms with Crippen molar-refractivity contribution in [1.29, 1.82) is 0 Å². The average molecular weight is 256 g/mol. The molecule has 0 N–H and O–H groups in total. The van der Waals surface area contributed by atoms with Crippen molar-refractivity contribution in [1.82, 2.24) is 19.7 Å². The fraction of sp³-hybridized carbons (Fsp3) is 0.100. The van der Waals surface area contributed by atoms with Crippen LogP contribution < -0.4 is 4.74 Å². The summed E-state index contributed by atoms with van der Waals surface area (Å²) in [6.45, 7) is 3.49. The Morgan fingerprint density at radius 2 is 2.06 bits per heavy atom. The molecule has 0 unspecified atom stereocenters. The molecule has 2 aromatic heterocycles. The lowest BCUT2D eigenvalue weighted by Crippen LogP contribution is -2.17. The van der Waals surface area contributed by atoms with Crippen molar-refractivity contribution in [2.45, 2.75) is 6.36 Å². The monoisotopic (exact) mass is 256 g/mol. The molecule has 0 aromatic carbocycles. The largest absolute Gasteiger partial charge is 0.573 e. The molecular formula is C10H7F3N4O. The minimum Gasteiger partial charge on any atom is -0.404 e. The summed E-state index contributed by atoms with van der Waals surface area (Å²) in [6.07, 6.45) is -0.953. The lowest BCUT2D eigenvalue weighted by atomic mass is 10.4. The Bertz CT molecular complexity index is 547. The van der Waals surface area contributed by atoms with Crippen LogP contribution >= 0.6 is 0 Å². The van der Waals surface area contributed by atoms with Crippen molar-refractivity contribution < 1.29 is 17.9 Å². The summed E-state index contributed by atoms with van der Waals surface area (Å²) in [5, 5.41) is 3.97. The van der Waals surface area contributed by atoms with Crippen LogP contribution in [0, 0.1) is 0 Å². The predicted molar refractivity (Wildman–Crippen MR) is 55.9 cm³/mol. The molecule has 8 heteroatoms. The van der Waals surface area contributed by atoms with E-state index < -0.39 is 12.1 Å². The fourth-order valence-electron chi connectivity index (χ4n) is 1.18. The Hall–Kier alpha value is -2.38. The van der Waals surface area contributed by atoms with Crippen LogP contribution in [0.5, 0.6) is 5.75 Å². The standard InChI is InChI=1S/C10H7F3N4O/c1-2-8-15-6-17(16-8)9-4-3-7(5-14-9)18-10(11,12)13/h2-6H,1H2. The number of pyridine rings is 1. The minimum absolute atomic E-state index is 0.324. The van der Waals surface area contributed by atoms with Crippen molar-refractivity contribution in [3.8, 4) is 11.6 Å². The summed E-state index contributed by atoms with van der Waals surface area (Å²) in [5.74, 6) is 0.327. The smallest absolute Gasteiger partial charge is 0.404 e. The number of nitrogens with zero attached hydrogens (tertiary/aromatic N) is 4. The van der Waals surface area contributed by atoms with Crippen LogP contribution in [0.3, 0.4) is 0 Å². The Morgan fingerprint density at radius 1 is 1.28 bits per heavy atom. The van der Waals surface area contributed by atoms with Crippen LogP contribution in [0.4, 0.5) is 13.2 Å². The lowest BCUT2D eigenvalue weighted by Gasteiger charge is -2.08. The molecule has 2 heterocycles. The summed E-state index contributed by atoms with van der Waals surface area (Å²) >= 11 is 0. The van der Waals surface area contributed by atoms with Gasteiger partial charge >= 0.3 is 6.36 Å². The molecule has 94 valence electrons. The molecule has 0 bridgehead atoms. The lowest BCUT2D eigenvalue weighted by molar-refractivity contribution is -0.274. The topological polar surface area (TPSA) is 52.8 Å². The van der Waals surface area contributed by atoms with E-state index in [0.717, 1.165) is 12.3 Å². The van der Waals surface area contributed by atoms with Crippen molar-refractivity contribution in [2.24, 2.45) is 0 Å². The number of halogens is 3. The summed E-state index contributed by atoms with van der Waals surface area (Å²) < 4.78 is 40.8. The Labute approximate surface area is 99.6 Å². The van der Waals surface area contributed by atoms with Gasteiger partial charge in [0.1, 0.15) is 12.1 Å². The average Bonchev–Trinajstić information content (AvgIpc) is 2.76. The maximum atomic E-state index is 11.9. The van der Waals surface area contributed by atoms with Crippen LogP contribution in [0.2, 0.25) is 0 Å². The molecule has 2 aromatic rings. The highest BCUT2D eigenvalue weighted by Crippen LogP contribution is 2.22. The van der Waals surface area contributed by atoms with Crippen molar-refractivity contribution in [2.75, 3.05) is 0 Å². The minimum atomic E-state index is -4.73. The first-order valence-electron chi connectivity index (χ1n) is 4.74. The van der Waals surface area contributed by atoms with Crippen molar-refractivity contribution in [3.05, 3.63) is 37.1 Å². The molecular weight excluding hydrogens is 249 g/mol. The third kappa shape index (κ3) is 2.84. The highest BCUT2D eigenvalue weighted by Gasteiger charge is 2.31. The van der Waals surface area contributed by atoms with Crippen LogP contribution in [0.25, 0.3) is 11.9 Å². The highest BCUT2D eigenvalue weighted by molar-refractivity contribution is 5.35. The van der Waals surface area contributed by atoms with Gasteiger partial charge in [0.25, 0.3) is 0 Å². The summed E-state index contributed by atoms with van der Waals surface area (Å²) in [6, 6.07) is 2.48. The van der Waals surface area contributed by atoms with Gasteiger partial charge in [-0.15, -0.1) is 18.3 Å². The number of ether oxygens (including phenoxy) is 1. The van der Waals surface area contributed by atoms with Crippen LogP contribution in [0.15, 0.2) is 31.2 Å². The molecule has 0 saturated heterocycles. The number of alkyl halides is 3. The molecule has 0 amide bonds. The second-order valence-electron chi connectivity index (χ2n) is 3.15. The van der Waals surface area contributed by atoms with E-state index in [4.69, 9.17) is 0 Å². The molecule has 5 nitrogen and oxygen atoms in total. The summed E-state index contributed by atoms with van der Waals surface area (Å²) in [7, 11) is 0. The van der Waals surface area contributed by atoms with Gasteiger partial charge in [0.2, 0.25) is 0 Å². The summed E-state index contributed by atoms with van der Waals surface area (Å²) in [4.78, 5) is 7.66. The molecule has 0 spiro atoms. The SMILES string of the molecule is C=Cc1ncn(-c2ccc(OC(F)(F)F)cn2)n1. The molecule has 0 radical (unpaired) electrons. The van der Waals surface area contributed by atoms with Gasteiger partial charge in [0.15, 0.2) is 11.6 Å². The first-order valence-corrected chi connectivity index (χ1v) is 4.74. The molecule has 0 aliphatic heterocycles. The number of hydrogen-bond acceptors (Lipinski definition) is 4. The Morgan fingerprint density at radius 3 is 2.56 bits per heavy atom. The van der Waals surface area contributed by atoms with Gasteiger partial charge in [-0.2, -0.15) is 0 Å². The van der Waals surface area contributed by atoms with E-state index in [1.165, 1.54) is 23.2 Å². The van der Waals surface area contributed by atoms with E-state index in [1.807, 2.05) is 0 Å². The fourth-order valence-corrected chi connectivity index (χ4v) is 1.18. The molecule has 0 fully saturated rings. The van der Waals surface area contributed by atoms with Gasteiger partial charge in [0.05, 0.1) is 6.20 Å². The van der Waals surface area contributed by atoms with Gasteiger partial charge in [0, 0.05) is 0 Å². The molecule has 2 rings (SSSR count). The van der Waals surface area contributed by atoms with Crippen molar-refractivity contribution >= 4 is 6.08 Å². The van der Waals surface area contributed by atoms with E-state index in [2.05, 4.69) is 26.4 Å². The van der Waals surface area contributed by atoms with Gasteiger partial charge in [-0.1, -0.05) is 6.58 Å². The molecule has 0 atom stereocenters. The number of aromatic nitrogens is 4. The second-order valence-corrected chi connectivity index (χ2v) is 3.15. The maximum Gasteiger partial charge on any atom is 0.573 e. The second kappa shape index (κ2) is 4.47. The zero-order valence-electron chi connectivity index (χ0n) is 8.92. The van der Waals surface area contributed by atoms with E-state index in [0.29, 0.717) is 11.6 Å². The van der Waals surface area contributed by atoms with E-state index >= 15 is 0 Å². The molecule has 0 saturated carbocycles. The molecule has 18 heavy (non-hydrogen) atoms. The van der Waals surface area contributed by atoms with Crippen molar-refractivity contribution in [3.63, 3.8) is 0 Å². The van der Waals surface area contributed by atoms with Gasteiger partial charge in [-0.3, -0.25) is 0 Å². The maximum absolute atomic E-state index is 11.9. The third-order valence-corrected chi connectivity index (χ3v) is 1.88. The van der Waals surface area contributed by atoms with E-state index in [9.17, 15) is 13.2 Å². The molecule has 0 aliphatic rings. The van der Waals surface area contributed by atoms with Gasteiger partial charge in [-0.25, -0.2) is 14.6 Å². The zero-order valence-corrected chi connectivity index (χ0v) is 8.92. The predicted octanol–water partition coefficient (Wildman–Crippen LogP) is 2.20. The van der Waals surface area contributed by atoms with Crippen LogP contribution in [0.1, 0.15) is 5.82 Å².